The number of ether oxygens (including phenoxy) is 1. The Labute approximate surface area is 168 Å². The SMILES string of the molecule is COCCC(=O)N1CCC(Nc2ncnc3[nH]cc(C(=O)c4ccccc4)c23)C1. The number of aromatic amines is 1. The number of fused-ring (bicyclic) bond motifs is 1. The Hall–Kier alpha value is -3.26. The predicted molar refractivity (Wildman–Crippen MR) is 109 cm³/mol. The van der Waals surface area contributed by atoms with Gasteiger partial charge in [-0.25, -0.2) is 9.97 Å². The summed E-state index contributed by atoms with van der Waals surface area (Å²) in [6.45, 7) is 1.71. The molecule has 2 aromatic heterocycles. The van der Waals surface area contributed by atoms with Gasteiger partial charge >= 0.3 is 0 Å². The number of carbonyl (C=O) groups excluding carboxylic acids is 2. The number of rotatable bonds is 7. The Morgan fingerprint density at radius 3 is 2.90 bits per heavy atom. The van der Waals surface area contributed by atoms with Gasteiger partial charge in [0.2, 0.25) is 5.91 Å². The first kappa shape index (κ1) is 19.1. The van der Waals surface area contributed by atoms with Crippen molar-refractivity contribution >= 4 is 28.5 Å². The molecule has 3 heterocycles. The zero-order chi connectivity index (χ0) is 20.2. The molecule has 1 amide bonds. The molecular weight excluding hydrogens is 370 g/mol. The summed E-state index contributed by atoms with van der Waals surface area (Å²) >= 11 is 0. The predicted octanol–water partition coefficient (Wildman–Crippen LogP) is 2.24. The van der Waals surface area contributed by atoms with Crippen LogP contribution in [0.25, 0.3) is 11.0 Å². The third-order valence-corrected chi connectivity index (χ3v) is 5.15. The molecular formula is C21H23N5O3. The molecule has 0 saturated carbocycles. The molecule has 0 radical (unpaired) electrons. The van der Waals surface area contributed by atoms with Crippen LogP contribution < -0.4 is 5.32 Å². The molecule has 0 spiro atoms. The van der Waals surface area contributed by atoms with Crippen molar-refractivity contribution < 1.29 is 14.3 Å². The van der Waals surface area contributed by atoms with Crippen LogP contribution in [0.4, 0.5) is 5.82 Å². The van der Waals surface area contributed by atoms with Crippen molar-refractivity contribution in [1.82, 2.24) is 19.9 Å². The van der Waals surface area contributed by atoms with Gasteiger partial charge in [0.25, 0.3) is 0 Å². The zero-order valence-electron chi connectivity index (χ0n) is 16.2. The van der Waals surface area contributed by atoms with E-state index in [0.29, 0.717) is 54.1 Å². The van der Waals surface area contributed by atoms with Gasteiger partial charge in [-0.1, -0.05) is 30.3 Å². The molecule has 1 aliphatic heterocycles. The molecule has 1 atom stereocenters. The second kappa shape index (κ2) is 8.40. The number of hydrogen-bond donors (Lipinski definition) is 2. The molecule has 3 aromatic rings. The minimum Gasteiger partial charge on any atom is -0.384 e. The first-order valence-electron chi connectivity index (χ1n) is 9.62. The summed E-state index contributed by atoms with van der Waals surface area (Å²) in [5, 5.41) is 4.08. The maximum Gasteiger partial charge on any atom is 0.224 e. The Morgan fingerprint density at radius 1 is 1.28 bits per heavy atom. The van der Waals surface area contributed by atoms with Gasteiger partial charge in [0.05, 0.1) is 24.0 Å². The number of benzene rings is 1. The van der Waals surface area contributed by atoms with Gasteiger partial charge in [-0.2, -0.15) is 0 Å². The van der Waals surface area contributed by atoms with Crippen molar-refractivity contribution in [2.24, 2.45) is 0 Å². The smallest absolute Gasteiger partial charge is 0.224 e. The third-order valence-electron chi connectivity index (χ3n) is 5.15. The monoisotopic (exact) mass is 393 g/mol. The lowest BCUT2D eigenvalue weighted by atomic mass is 10.0. The van der Waals surface area contributed by atoms with Gasteiger partial charge < -0.3 is 19.9 Å². The van der Waals surface area contributed by atoms with E-state index in [-0.39, 0.29) is 17.7 Å². The van der Waals surface area contributed by atoms with Crippen LogP contribution in [0.5, 0.6) is 0 Å². The highest BCUT2D eigenvalue weighted by atomic mass is 16.5. The maximum absolute atomic E-state index is 13.0. The van der Waals surface area contributed by atoms with Crippen LogP contribution in [-0.2, 0) is 9.53 Å². The Morgan fingerprint density at radius 2 is 2.10 bits per heavy atom. The van der Waals surface area contributed by atoms with Crippen LogP contribution in [0.1, 0.15) is 28.8 Å². The Bertz CT molecular complexity index is 1020. The van der Waals surface area contributed by atoms with E-state index in [1.165, 1.54) is 6.33 Å². The number of nitrogens with zero attached hydrogens (tertiary/aromatic N) is 3. The van der Waals surface area contributed by atoms with E-state index in [4.69, 9.17) is 4.74 Å². The number of nitrogens with one attached hydrogen (secondary N) is 2. The fourth-order valence-electron chi connectivity index (χ4n) is 3.64. The van der Waals surface area contributed by atoms with E-state index in [0.717, 1.165) is 6.42 Å². The molecule has 1 fully saturated rings. The standard InChI is InChI=1S/C21H23N5O3/c1-29-10-8-17(27)26-9-7-15(12-26)25-21-18-16(11-22-20(18)23-13-24-21)19(28)14-5-3-2-4-6-14/h2-6,11,13,15H,7-10,12H2,1H3,(H2,22,23,24,25). The highest BCUT2D eigenvalue weighted by molar-refractivity contribution is 6.17. The first-order chi connectivity index (χ1) is 14.2. The van der Waals surface area contributed by atoms with E-state index in [9.17, 15) is 9.59 Å². The zero-order valence-corrected chi connectivity index (χ0v) is 16.2. The lowest BCUT2D eigenvalue weighted by Crippen LogP contribution is -2.32. The first-order valence-corrected chi connectivity index (χ1v) is 9.62. The Balaban J connectivity index is 1.55. The van der Waals surface area contributed by atoms with Crippen LogP contribution >= 0.6 is 0 Å². The van der Waals surface area contributed by atoms with Crippen LogP contribution in [0.2, 0.25) is 0 Å². The second-order valence-corrected chi connectivity index (χ2v) is 7.06. The van der Waals surface area contributed by atoms with Crippen LogP contribution in [-0.4, -0.2) is 64.4 Å². The average molecular weight is 393 g/mol. The van der Waals surface area contributed by atoms with Crippen molar-refractivity contribution in [3.05, 3.63) is 54.0 Å². The minimum atomic E-state index is -0.0857. The van der Waals surface area contributed by atoms with Crippen molar-refractivity contribution in [3.63, 3.8) is 0 Å². The topological polar surface area (TPSA) is 100 Å². The number of amides is 1. The number of likely N-dealkylation sites (tertiary alicyclic amines) is 1. The quantitative estimate of drug-likeness (QED) is 0.597. The molecule has 2 N–H and O–H groups in total. The fraction of sp³-hybridized carbons (Fsp3) is 0.333. The number of aromatic nitrogens is 3. The van der Waals surface area contributed by atoms with E-state index >= 15 is 0 Å². The molecule has 1 aromatic carbocycles. The lowest BCUT2D eigenvalue weighted by molar-refractivity contribution is -0.131. The summed E-state index contributed by atoms with van der Waals surface area (Å²) in [5.41, 5.74) is 1.74. The molecule has 0 bridgehead atoms. The number of H-pyrrole nitrogens is 1. The largest absolute Gasteiger partial charge is 0.384 e. The summed E-state index contributed by atoms with van der Waals surface area (Å²) in [6.07, 6.45) is 4.34. The van der Waals surface area contributed by atoms with Gasteiger partial charge in [-0.05, 0) is 6.42 Å². The average Bonchev–Trinajstić information content (AvgIpc) is 3.40. The highest BCUT2D eigenvalue weighted by Crippen LogP contribution is 2.27. The number of ketones is 1. The van der Waals surface area contributed by atoms with Gasteiger partial charge in [-0.3, -0.25) is 9.59 Å². The third kappa shape index (κ3) is 3.97. The molecule has 1 unspecified atom stereocenters. The highest BCUT2D eigenvalue weighted by Gasteiger charge is 2.27. The maximum atomic E-state index is 13.0. The number of methoxy groups -OCH3 is 1. The van der Waals surface area contributed by atoms with E-state index in [1.807, 2.05) is 23.1 Å². The van der Waals surface area contributed by atoms with Crippen LogP contribution in [0.15, 0.2) is 42.9 Å². The summed E-state index contributed by atoms with van der Waals surface area (Å²) in [5.74, 6) is 0.606. The molecule has 0 aliphatic carbocycles. The van der Waals surface area contributed by atoms with Crippen molar-refractivity contribution in [3.8, 4) is 0 Å². The summed E-state index contributed by atoms with van der Waals surface area (Å²) < 4.78 is 4.99. The molecule has 29 heavy (non-hydrogen) atoms. The summed E-state index contributed by atoms with van der Waals surface area (Å²) in [7, 11) is 1.59. The molecule has 1 saturated heterocycles. The molecule has 1 aliphatic rings. The van der Waals surface area contributed by atoms with Gasteiger partial charge in [0, 0.05) is 38.0 Å². The van der Waals surface area contributed by atoms with E-state index < -0.39 is 0 Å². The fourth-order valence-corrected chi connectivity index (χ4v) is 3.64. The van der Waals surface area contributed by atoms with Crippen molar-refractivity contribution in [1.29, 1.82) is 0 Å². The van der Waals surface area contributed by atoms with Crippen LogP contribution in [0.3, 0.4) is 0 Å². The van der Waals surface area contributed by atoms with Gasteiger partial charge in [0.1, 0.15) is 17.8 Å². The number of anilines is 1. The van der Waals surface area contributed by atoms with Crippen molar-refractivity contribution in [2.75, 3.05) is 32.1 Å². The molecule has 4 rings (SSSR count). The minimum absolute atomic E-state index is 0.0640. The van der Waals surface area contributed by atoms with Gasteiger partial charge in [-0.15, -0.1) is 0 Å². The second-order valence-electron chi connectivity index (χ2n) is 7.06. The Kier molecular flexibility index (Phi) is 5.53. The number of carbonyl (C=O) groups is 2. The van der Waals surface area contributed by atoms with E-state index in [1.54, 1.807) is 25.4 Å². The normalized spacial score (nSPS) is 16.3. The lowest BCUT2D eigenvalue weighted by Gasteiger charge is -2.17. The molecule has 150 valence electrons. The number of hydrogen-bond acceptors (Lipinski definition) is 6. The van der Waals surface area contributed by atoms with Crippen LogP contribution in [0, 0.1) is 0 Å². The summed E-state index contributed by atoms with van der Waals surface area (Å²) in [6, 6.07) is 9.20. The van der Waals surface area contributed by atoms with Gasteiger partial charge in [0.15, 0.2) is 5.78 Å². The van der Waals surface area contributed by atoms with E-state index in [2.05, 4.69) is 20.3 Å². The summed E-state index contributed by atoms with van der Waals surface area (Å²) in [4.78, 5) is 38.7. The molecule has 8 heteroatoms. The van der Waals surface area contributed by atoms with Crippen molar-refractivity contribution in [2.45, 2.75) is 18.9 Å². The molecule has 8 nitrogen and oxygen atoms in total.